The zero-order chi connectivity index (χ0) is 23.3. The zero-order valence-electron chi connectivity index (χ0n) is 17.7. The van der Waals surface area contributed by atoms with E-state index >= 15 is 0 Å². The minimum atomic E-state index is -3.99. The number of hydrogen-bond acceptors (Lipinski definition) is 6. The standard InChI is InChI=1S/C20H24F2N2O6S/c1-12(24(31(5,26)27)14-7-8-15(21)16(22)10-14)20(25)23-11-13-6-9-17(28-2)19(30-4)18(13)29-3/h6-10,12H,11H2,1-5H3,(H,23,25). The average Bonchev–Trinajstić information content (AvgIpc) is 2.72. The number of rotatable bonds is 9. The van der Waals surface area contributed by atoms with Crippen molar-refractivity contribution >= 4 is 21.6 Å². The van der Waals surface area contributed by atoms with Crippen LogP contribution in [0.1, 0.15) is 12.5 Å². The minimum absolute atomic E-state index is 0.0118. The fourth-order valence-corrected chi connectivity index (χ4v) is 4.23. The van der Waals surface area contributed by atoms with Crippen LogP contribution in [0, 0.1) is 11.6 Å². The van der Waals surface area contributed by atoms with Crippen molar-refractivity contribution in [1.82, 2.24) is 5.32 Å². The molecule has 0 fully saturated rings. The molecule has 1 atom stereocenters. The molecule has 1 unspecified atom stereocenters. The summed E-state index contributed by atoms with van der Waals surface area (Å²) in [6, 6.07) is 4.65. The Morgan fingerprint density at radius 1 is 1.03 bits per heavy atom. The van der Waals surface area contributed by atoms with Gasteiger partial charge in [0.1, 0.15) is 6.04 Å². The second kappa shape index (κ2) is 9.82. The molecule has 0 bridgehead atoms. The van der Waals surface area contributed by atoms with Gasteiger partial charge < -0.3 is 19.5 Å². The van der Waals surface area contributed by atoms with Crippen LogP contribution in [-0.2, 0) is 21.4 Å². The van der Waals surface area contributed by atoms with Gasteiger partial charge in [0.05, 0.1) is 33.3 Å². The normalized spacial score (nSPS) is 12.1. The number of nitrogens with one attached hydrogen (secondary N) is 1. The fourth-order valence-electron chi connectivity index (χ4n) is 3.06. The molecule has 0 saturated carbocycles. The summed E-state index contributed by atoms with van der Waals surface area (Å²) in [6.45, 7) is 1.32. The van der Waals surface area contributed by atoms with Crippen molar-refractivity contribution in [3.63, 3.8) is 0 Å². The van der Waals surface area contributed by atoms with E-state index in [2.05, 4.69) is 5.32 Å². The van der Waals surface area contributed by atoms with Crippen LogP contribution in [0.2, 0.25) is 0 Å². The third-order valence-electron chi connectivity index (χ3n) is 4.48. The first-order chi connectivity index (χ1) is 14.5. The molecule has 2 aromatic carbocycles. The number of anilines is 1. The van der Waals surface area contributed by atoms with E-state index in [9.17, 15) is 22.0 Å². The van der Waals surface area contributed by atoms with Crippen LogP contribution in [0.25, 0.3) is 0 Å². The third-order valence-corrected chi connectivity index (χ3v) is 5.73. The molecule has 2 aromatic rings. The third kappa shape index (κ3) is 5.35. The van der Waals surface area contributed by atoms with Crippen LogP contribution in [0.15, 0.2) is 30.3 Å². The second-order valence-corrected chi connectivity index (χ2v) is 8.40. The smallest absolute Gasteiger partial charge is 0.243 e. The average molecular weight is 458 g/mol. The minimum Gasteiger partial charge on any atom is -0.493 e. The SMILES string of the molecule is COc1ccc(CNC(=O)C(C)N(c2ccc(F)c(F)c2)S(C)(=O)=O)c(OC)c1OC. The van der Waals surface area contributed by atoms with Crippen LogP contribution in [-0.4, -0.2) is 48.0 Å². The molecule has 11 heteroatoms. The molecule has 1 N–H and O–H groups in total. The maximum Gasteiger partial charge on any atom is 0.243 e. The van der Waals surface area contributed by atoms with Gasteiger partial charge in [-0.1, -0.05) is 0 Å². The van der Waals surface area contributed by atoms with Crippen molar-refractivity contribution in [2.45, 2.75) is 19.5 Å². The van der Waals surface area contributed by atoms with Crippen LogP contribution in [0.4, 0.5) is 14.5 Å². The quantitative estimate of drug-likeness (QED) is 0.621. The summed E-state index contributed by atoms with van der Waals surface area (Å²) >= 11 is 0. The molecule has 0 spiro atoms. The summed E-state index contributed by atoms with van der Waals surface area (Å²) in [5, 5.41) is 2.62. The highest BCUT2D eigenvalue weighted by Gasteiger charge is 2.30. The second-order valence-electron chi connectivity index (χ2n) is 6.54. The summed E-state index contributed by atoms with van der Waals surface area (Å²) < 4.78 is 68.1. The summed E-state index contributed by atoms with van der Waals surface area (Å²) in [6.07, 6.45) is 0.870. The summed E-state index contributed by atoms with van der Waals surface area (Å²) in [7, 11) is 0.357. The van der Waals surface area contributed by atoms with E-state index in [1.54, 1.807) is 12.1 Å². The molecule has 1 amide bonds. The number of amides is 1. The maximum absolute atomic E-state index is 13.6. The monoisotopic (exact) mass is 458 g/mol. The van der Waals surface area contributed by atoms with Crippen LogP contribution in [0.3, 0.4) is 0 Å². The number of hydrogen-bond donors (Lipinski definition) is 1. The summed E-state index contributed by atoms with van der Waals surface area (Å²) in [5.41, 5.74) is 0.382. The molecular formula is C20H24F2N2O6S. The first kappa shape index (κ1) is 24.2. The molecule has 8 nitrogen and oxygen atoms in total. The van der Waals surface area contributed by atoms with Crippen molar-refractivity contribution in [2.75, 3.05) is 31.9 Å². The lowest BCUT2D eigenvalue weighted by atomic mass is 10.1. The van der Waals surface area contributed by atoms with Crippen molar-refractivity contribution in [2.24, 2.45) is 0 Å². The van der Waals surface area contributed by atoms with Gasteiger partial charge in [-0.2, -0.15) is 0 Å². The lowest BCUT2D eigenvalue weighted by Gasteiger charge is -2.28. The Morgan fingerprint density at radius 3 is 2.19 bits per heavy atom. The van der Waals surface area contributed by atoms with Gasteiger partial charge in [-0.15, -0.1) is 0 Å². The molecule has 2 rings (SSSR count). The topological polar surface area (TPSA) is 94.2 Å². The first-order valence-electron chi connectivity index (χ1n) is 9.05. The lowest BCUT2D eigenvalue weighted by Crippen LogP contribution is -2.47. The number of benzene rings is 2. The lowest BCUT2D eigenvalue weighted by molar-refractivity contribution is -0.122. The number of carbonyl (C=O) groups excluding carboxylic acids is 1. The number of methoxy groups -OCH3 is 3. The predicted octanol–water partition coefficient (Wildman–Crippen LogP) is 2.46. The van der Waals surface area contributed by atoms with Crippen LogP contribution in [0.5, 0.6) is 17.2 Å². The highest BCUT2D eigenvalue weighted by atomic mass is 32.2. The summed E-state index contributed by atoms with van der Waals surface area (Å²) in [5.74, 6) is -1.90. The molecule has 0 aliphatic heterocycles. The number of ether oxygens (including phenoxy) is 3. The molecule has 170 valence electrons. The highest BCUT2D eigenvalue weighted by Crippen LogP contribution is 2.39. The van der Waals surface area contributed by atoms with Crippen molar-refractivity contribution in [1.29, 1.82) is 0 Å². The van der Waals surface area contributed by atoms with Gasteiger partial charge in [0, 0.05) is 18.2 Å². The Bertz CT molecular complexity index is 1060. The summed E-state index contributed by atoms with van der Waals surface area (Å²) in [4.78, 5) is 12.7. The highest BCUT2D eigenvalue weighted by molar-refractivity contribution is 7.92. The molecule has 0 aromatic heterocycles. The van der Waals surface area contributed by atoms with Crippen molar-refractivity contribution in [3.05, 3.63) is 47.5 Å². The Labute approximate surface area is 179 Å². The fraction of sp³-hybridized carbons (Fsp3) is 0.350. The number of nitrogens with zero attached hydrogens (tertiary/aromatic N) is 1. The van der Waals surface area contributed by atoms with E-state index < -0.39 is 33.6 Å². The Hall–Kier alpha value is -3.08. The number of halogens is 2. The van der Waals surface area contributed by atoms with E-state index in [4.69, 9.17) is 14.2 Å². The van der Waals surface area contributed by atoms with Gasteiger partial charge in [0.25, 0.3) is 0 Å². The molecule has 0 saturated heterocycles. The maximum atomic E-state index is 13.6. The van der Waals surface area contributed by atoms with Gasteiger partial charge >= 0.3 is 0 Å². The Balaban J connectivity index is 2.28. The van der Waals surface area contributed by atoms with E-state index in [0.29, 0.717) is 22.8 Å². The molecule has 0 aliphatic carbocycles. The molecule has 0 heterocycles. The van der Waals surface area contributed by atoms with E-state index in [1.165, 1.54) is 28.3 Å². The van der Waals surface area contributed by atoms with Crippen LogP contribution >= 0.6 is 0 Å². The Kier molecular flexibility index (Phi) is 7.66. The van der Waals surface area contributed by atoms with Gasteiger partial charge in [-0.05, 0) is 31.2 Å². The van der Waals surface area contributed by atoms with Crippen molar-refractivity contribution < 1.29 is 36.2 Å². The van der Waals surface area contributed by atoms with Crippen LogP contribution < -0.4 is 23.8 Å². The largest absolute Gasteiger partial charge is 0.493 e. The number of sulfonamides is 1. The number of carbonyl (C=O) groups is 1. The van der Waals surface area contributed by atoms with Crippen molar-refractivity contribution in [3.8, 4) is 17.2 Å². The van der Waals surface area contributed by atoms with E-state index in [-0.39, 0.29) is 12.2 Å². The van der Waals surface area contributed by atoms with Gasteiger partial charge in [0.2, 0.25) is 21.7 Å². The zero-order valence-corrected chi connectivity index (χ0v) is 18.5. The molecule has 0 aliphatic rings. The van der Waals surface area contributed by atoms with Gasteiger partial charge in [-0.3, -0.25) is 9.10 Å². The predicted molar refractivity (Wildman–Crippen MR) is 111 cm³/mol. The molecular weight excluding hydrogens is 434 g/mol. The van der Waals surface area contributed by atoms with E-state index in [1.807, 2.05) is 0 Å². The van der Waals surface area contributed by atoms with Gasteiger partial charge in [0.15, 0.2) is 23.1 Å². The first-order valence-corrected chi connectivity index (χ1v) is 10.9. The molecule has 31 heavy (non-hydrogen) atoms. The molecule has 0 radical (unpaired) electrons. The van der Waals surface area contributed by atoms with Gasteiger partial charge in [-0.25, -0.2) is 17.2 Å². The van der Waals surface area contributed by atoms with E-state index in [0.717, 1.165) is 28.8 Å². The Morgan fingerprint density at radius 2 is 1.68 bits per heavy atom.